The van der Waals surface area contributed by atoms with Crippen molar-refractivity contribution in [3.63, 3.8) is 0 Å². The summed E-state index contributed by atoms with van der Waals surface area (Å²) >= 11 is 0. The number of hydrogen-bond acceptors (Lipinski definition) is 5. The Balaban J connectivity index is 3.78. The lowest BCUT2D eigenvalue weighted by molar-refractivity contribution is -0.389. The second-order valence-electron chi connectivity index (χ2n) is 3.00. The van der Waals surface area contributed by atoms with Gasteiger partial charge in [0.2, 0.25) is 5.03 Å². The van der Waals surface area contributed by atoms with E-state index in [2.05, 4.69) is 4.98 Å². The third kappa shape index (κ3) is 2.67. The maximum Gasteiger partial charge on any atom is 0.317 e. The first kappa shape index (κ1) is 13.7. The Morgan fingerprint density at radius 1 is 1.53 bits per heavy atom. The van der Waals surface area contributed by atoms with Crippen LogP contribution < -0.4 is 0 Å². The highest BCUT2D eigenvalue weighted by molar-refractivity contribution is 8.13. The van der Waals surface area contributed by atoms with E-state index in [-0.39, 0.29) is 5.56 Å². The first-order valence-corrected chi connectivity index (χ1v) is 6.34. The van der Waals surface area contributed by atoms with Gasteiger partial charge in [0.1, 0.15) is 5.56 Å². The molecule has 0 radical (unpaired) electrons. The van der Waals surface area contributed by atoms with Crippen molar-refractivity contribution in [2.45, 2.75) is 18.4 Å². The van der Waals surface area contributed by atoms with Crippen LogP contribution in [0.4, 0.5) is 14.5 Å². The number of rotatable bonds is 3. The Hall–Kier alpha value is -1.35. The second kappa shape index (κ2) is 4.49. The molecular formula is C7H5ClF2N2O4S. The normalized spacial score (nSPS) is 11.8. The summed E-state index contributed by atoms with van der Waals surface area (Å²) in [5.41, 5.74) is -2.46. The van der Waals surface area contributed by atoms with Crippen LogP contribution in [0.15, 0.2) is 11.2 Å². The summed E-state index contributed by atoms with van der Waals surface area (Å²) in [4.78, 5) is 12.6. The largest absolute Gasteiger partial charge is 0.317 e. The summed E-state index contributed by atoms with van der Waals surface area (Å²) in [6.45, 7) is 1.16. The third-order valence-electron chi connectivity index (χ3n) is 1.89. The summed E-state index contributed by atoms with van der Waals surface area (Å²) in [7, 11) is 0.332. The summed E-state index contributed by atoms with van der Waals surface area (Å²) in [6.07, 6.45) is -2.40. The van der Waals surface area contributed by atoms with E-state index in [1.54, 1.807) is 0 Å². The van der Waals surface area contributed by atoms with Crippen LogP contribution in [-0.4, -0.2) is 18.3 Å². The van der Waals surface area contributed by atoms with Gasteiger partial charge in [-0.2, -0.15) is 0 Å². The van der Waals surface area contributed by atoms with E-state index in [0.29, 0.717) is 0 Å². The standard InChI is InChI=1S/C7H5ClF2N2O4S/c1-3-2-11-7(17(8,15)16)5(12(13)14)4(3)6(9)10/h2,6H,1H3. The minimum Gasteiger partial charge on any atom is -0.258 e. The van der Waals surface area contributed by atoms with Gasteiger partial charge in [-0.3, -0.25) is 10.1 Å². The molecule has 0 aromatic carbocycles. The van der Waals surface area contributed by atoms with Crippen LogP contribution in [0.3, 0.4) is 0 Å². The fourth-order valence-electron chi connectivity index (χ4n) is 1.22. The van der Waals surface area contributed by atoms with Gasteiger partial charge in [0.05, 0.1) is 4.92 Å². The molecule has 0 N–H and O–H groups in total. The molecule has 0 saturated heterocycles. The molecule has 1 heterocycles. The molecule has 0 fully saturated rings. The molecule has 0 amide bonds. The molecule has 0 spiro atoms. The average molecular weight is 287 g/mol. The van der Waals surface area contributed by atoms with Crippen molar-refractivity contribution in [2.75, 3.05) is 0 Å². The number of halogens is 3. The first-order chi connectivity index (χ1) is 7.66. The molecule has 1 aromatic heterocycles. The number of aryl methyl sites for hydroxylation is 1. The van der Waals surface area contributed by atoms with Gasteiger partial charge in [-0.1, -0.05) is 0 Å². The minimum absolute atomic E-state index is 0.184. The van der Waals surface area contributed by atoms with Crippen molar-refractivity contribution in [1.82, 2.24) is 4.98 Å². The maximum absolute atomic E-state index is 12.6. The monoisotopic (exact) mass is 286 g/mol. The highest BCUT2D eigenvalue weighted by Crippen LogP contribution is 2.36. The van der Waals surface area contributed by atoms with Gasteiger partial charge < -0.3 is 0 Å². The topological polar surface area (TPSA) is 90.2 Å². The van der Waals surface area contributed by atoms with Gasteiger partial charge in [-0.05, 0) is 12.5 Å². The Kier molecular flexibility index (Phi) is 3.62. The van der Waals surface area contributed by atoms with Crippen molar-refractivity contribution >= 4 is 25.4 Å². The highest BCUT2D eigenvalue weighted by atomic mass is 35.7. The van der Waals surface area contributed by atoms with Gasteiger partial charge in [0.25, 0.3) is 15.5 Å². The van der Waals surface area contributed by atoms with E-state index in [1.807, 2.05) is 0 Å². The molecule has 0 atom stereocenters. The van der Waals surface area contributed by atoms with Crippen LogP contribution in [0.1, 0.15) is 17.6 Å². The van der Waals surface area contributed by atoms with E-state index in [0.717, 1.165) is 13.1 Å². The number of nitro groups is 1. The molecule has 1 aromatic rings. The molecule has 0 bridgehead atoms. The number of alkyl halides is 2. The number of nitrogens with zero attached hydrogens (tertiary/aromatic N) is 2. The lowest BCUT2D eigenvalue weighted by Crippen LogP contribution is -2.07. The van der Waals surface area contributed by atoms with Crippen molar-refractivity contribution in [3.8, 4) is 0 Å². The van der Waals surface area contributed by atoms with Gasteiger partial charge in [0, 0.05) is 16.9 Å². The number of aromatic nitrogens is 1. The van der Waals surface area contributed by atoms with Gasteiger partial charge >= 0.3 is 5.69 Å². The number of pyridine rings is 1. The van der Waals surface area contributed by atoms with E-state index in [9.17, 15) is 27.3 Å². The SMILES string of the molecule is Cc1cnc(S(=O)(=O)Cl)c([N+](=O)[O-])c1C(F)F. The zero-order chi connectivity index (χ0) is 13.4. The third-order valence-corrected chi connectivity index (χ3v) is 3.09. The minimum atomic E-state index is -4.57. The van der Waals surface area contributed by atoms with Gasteiger partial charge in [-0.25, -0.2) is 22.2 Å². The Morgan fingerprint density at radius 3 is 2.41 bits per heavy atom. The summed E-state index contributed by atoms with van der Waals surface area (Å²) in [5, 5.41) is 9.48. The molecule has 94 valence electrons. The van der Waals surface area contributed by atoms with E-state index < -0.39 is 36.7 Å². The van der Waals surface area contributed by atoms with E-state index >= 15 is 0 Å². The molecule has 17 heavy (non-hydrogen) atoms. The lowest BCUT2D eigenvalue weighted by atomic mass is 10.1. The fourth-order valence-corrected chi connectivity index (χ4v) is 2.15. The molecule has 1 rings (SSSR count). The smallest absolute Gasteiger partial charge is 0.258 e. The van der Waals surface area contributed by atoms with Crippen LogP contribution in [0, 0.1) is 17.0 Å². The van der Waals surface area contributed by atoms with Crippen LogP contribution >= 0.6 is 10.7 Å². The molecule has 6 nitrogen and oxygen atoms in total. The number of hydrogen-bond donors (Lipinski definition) is 0. The quantitative estimate of drug-likeness (QED) is 0.482. The van der Waals surface area contributed by atoms with Gasteiger partial charge in [-0.15, -0.1) is 0 Å². The first-order valence-electron chi connectivity index (χ1n) is 4.03. The molecule has 10 heteroatoms. The molecular weight excluding hydrogens is 282 g/mol. The highest BCUT2D eigenvalue weighted by Gasteiger charge is 2.34. The van der Waals surface area contributed by atoms with Crippen molar-refractivity contribution in [2.24, 2.45) is 0 Å². The zero-order valence-electron chi connectivity index (χ0n) is 8.22. The van der Waals surface area contributed by atoms with Crippen LogP contribution in [-0.2, 0) is 9.05 Å². The Bertz CT molecular complexity index is 575. The van der Waals surface area contributed by atoms with Crippen LogP contribution in [0.5, 0.6) is 0 Å². The van der Waals surface area contributed by atoms with Gasteiger partial charge in [0.15, 0.2) is 0 Å². The molecule has 0 aliphatic heterocycles. The summed E-state index contributed by atoms with van der Waals surface area (Å²) in [5.74, 6) is 0. The molecule has 0 saturated carbocycles. The van der Waals surface area contributed by atoms with Crippen molar-refractivity contribution in [3.05, 3.63) is 27.4 Å². The van der Waals surface area contributed by atoms with Crippen LogP contribution in [0.2, 0.25) is 0 Å². The second-order valence-corrected chi connectivity index (χ2v) is 5.49. The fraction of sp³-hybridized carbons (Fsp3) is 0.286. The average Bonchev–Trinajstić information content (AvgIpc) is 2.14. The van der Waals surface area contributed by atoms with Crippen molar-refractivity contribution in [1.29, 1.82) is 0 Å². The molecule has 0 aliphatic rings. The van der Waals surface area contributed by atoms with E-state index in [1.165, 1.54) is 0 Å². The summed E-state index contributed by atoms with van der Waals surface area (Å²) in [6, 6.07) is 0. The van der Waals surface area contributed by atoms with Crippen LogP contribution in [0.25, 0.3) is 0 Å². The zero-order valence-corrected chi connectivity index (χ0v) is 9.80. The van der Waals surface area contributed by atoms with E-state index in [4.69, 9.17) is 10.7 Å². The summed E-state index contributed by atoms with van der Waals surface area (Å²) < 4.78 is 47.3. The molecule has 0 aliphatic carbocycles. The van der Waals surface area contributed by atoms with Crippen molar-refractivity contribution < 1.29 is 22.1 Å². The lowest BCUT2D eigenvalue weighted by Gasteiger charge is -2.07. The Morgan fingerprint density at radius 2 is 2.06 bits per heavy atom. The molecule has 0 unspecified atom stereocenters. The Labute approximate surface area is 98.8 Å². The predicted octanol–water partition coefficient (Wildman–Crippen LogP) is 2.16. The maximum atomic E-state index is 12.6. The predicted molar refractivity (Wildman–Crippen MR) is 53.6 cm³/mol.